The molecule has 1 N–H and O–H groups in total. The molecular formula is C15H22N2OS. The molecule has 0 radical (unpaired) electrons. The van der Waals surface area contributed by atoms with E-state index in [1.807, 2.05) is 18.2 Å². The first kappa shape index (κ1) is 14.4. The predicted molar refractivity (Wildman–Crippen MR) is 80.9 cm³/mol. The predicted octanol–water partition coefficient (Wildman–Crippen LogP) is 2.58. The second-order valence-electron chi connectivity index (χ2n) is 5.19. The minimum Gasteiger partial charge on any atom is -0.351 e. The van der Waals surface area contributed by atoms with Crippen LogP contribution in [0.1, 0.15) is 36.0 Å². The highest BCUT2D eigenvalue weighted by molar-refractivity contribution is 7.80. The van der Waals surface area contributed by atoms with Crippen LogP contribution in [-0.2, 0) is 0 Å². The van der Waals surface area contributed by atoms with Gasteiger partial charge in [0.2, 0.25) is 0 Å². The lowest BCUT2D eigenvalue weighted by molar-refractivity contribution is 0.0944. The van der Waals surface area contributed by atoms with Gasteiger partial charge in [-0.3, -0.25) is 4.79 Å². The highest BCUT2D eigenvalue weighted by atomic mass is 32.1. The Bertz CT molecular complexity index is 430. The first-order valence-electron chi connectivity index (χ1n) is 6.95. The molecule has 0 aromatic heterocycles. The lowest BCUT2D eigenvalue weighted by Gasteiger charge is -2.23. The molecule has 1 amide bonds. The maximum absolute atomic E-state index is 12.0. The molecule has 0 aliphatic heterocycles. The van der Waals surface area contributed by atoms with E-state index < -0.39 is 0 Å². The van der Waals surface area contributed by atoms with Crippen molar-refractivity contribution in [3.8, 4) is 0 Å². The zero-order valence-electron chi connectivity index (χ0n) is 11.4. The zero-order chi connectivity index (χ0) is 13.7. The Morgan fingerprint density at radius 1 is 1.37 bits per heavy atom. The van der Waals surface area contributed by atoms with Gasteiger partial charge in [0, 0.05) is 24.0 Å². The topological polar surface area (TPSA) is 32.3 Å². The average Bonchev–Trinajstić information content (AvgIpc) is 2.93. The lowest BCUT2D eigenvalue weighted by atomic mass is 10.2. The van der Waals surface area contributed by atoms with Gasteiger partial charge in [-0.15, -0.1) is 12.6 Å². The Morgan fingerprint density at radius 2 is 2.05 bits per heavy atom. The third-order valence-corrected chi connectivity index (χ3v) is 4.24. The van der Waals surface area contributed by atoms with E-state index in [0.29, 0.717) is 18.2 Å². The number of benzene rings is 1. The van der Waals surface area contributed by atoms with Gasteiger partial charge in [-0.05, 0) is 32.0 Å². The second kappa shape index (κ2) is 6.96. The molecule has 2 rings (SSSR count). The van der Waals surface area contributed by atoms with Gasteiger partial charge in [0.05, 0.1) is 5.56 Å². The number of likely N-dealkylation sites (N-methyl/N-ethyl adjacent to an activating group) is 1. The molecule has 104 valence electrons. The summed E-state index contributed by atoms with van der Waals surface area (Å²) < 4.78 is 0. The summed E-state index contributed by atoms with van der Waals surface area (Å²) in [5.74, 6) is -0.0366. The van der Waals surface area contributed by atoms with Crippen molar-refractivity contribution in [3.05, 3.63) is 29.8 Å². The number of rotatable bonds is 5. The summed E-state index contributed by atoms with van der Waals surface area (Å²) in [6, 6.07) is 8.09. The first-order chi connectivity index (χ1) is 9.18. The van der Waals surface area contributed by atoms with Crippen molar-refractivity contribution in [2.45, 2.75) is 36.6 Å². The van der Waals surface area contributed by atoms with Crippen molar-refractivity contribution >= 4 is 18.5 Å². The van der Waals surface area contributed by atoms with E-state index in [9.17, 15) is 4.79 Å². The molecule has 1 fully saturated rings. The van der Waals surface area contributed by atoms with Crippen LogP contribution in [0.4, 0.5) is 0 Å². The van der Waals surface area contributed by atoms with Crippen LogP contribution in [0.25, 0.3) is 0 Å². The molecule has 19 heavy (non-hydrogen) atoms. The van der Waals surface area contributed by atoms with Gasteiger partial charge >= 0.3 is 0 Å². The van der Waals surface area contributed by atoms with Crippen molar-refractivity contribution in [2.24, 2.45) is 0 Å². The molecular weight excluding hydrogens is 256 g/mol. The summed E-state index contributed by atoms with van der Waals surface area (Å²) in [6.45, 7) is 1.60. The van der Waals surface area contributed by atoms with Gasteiger partial charge < -0.3 is 10.2 Å². The highest BCUT2D eigenvalue weighted by Crippen LogP contribution is 2.21. The summed E-state index contributed by atoms with van der Waals surface area (Å²) in [5, 5.41) is 2.96. The van der Waals surface area contributed by atoms with Crippen LogP contribution >= 0.6 is 12.6 Å². The van der Waals surface area contributed by atoms with Gasteiger partial charge in [0.25, 0.3) is 5.91 Å². The van der Waals surface area contributed by atoms with Gasteiger partial charge in [0.1, 0.15) is 0 Å². The third kappa shape index (κ3) is 3.98. The molecule has 0 unspecified atom stereocenters. The smallest absolute Gasteiger partial charge is 0.252 e. The number of thiol groups is 1. The van der Waals surface area contributed by atoms with Crippen LogP contribution < -0.4 is 5.32 Å². The fraction of sp³-hybridized carbons (Fsp3) is 0.533. The van der Waals surface area contributed by atoms with E-state index in [4.69, 9.17) is 0 Å². The van der Waals surface area contributed by atoms with Crippen LogP contribution in [0, 0.1) is 0 Å². The Morgan fingerprint density at radius 3 is 2.74 bits per heavy atom. The summed E-state index contributed by atoms with van der Waals surface area (Å²) >= 11 is 4.30. The molecule has 0 heterocycles. The van der Waals surface area contributed by atoms with Crippen molar-refractivity contribution in [3.63, 3.8) is 0 Å². The van der Waals surface area contributed by atoms with Crippen molar-refractivity contribution in [2.75, 3.05) is 20.1 Å². The van der Waals surface area contributed by atoms with Crippen molar-refractivity contribution in [1.82, 2.24) is 10.2 Å². The minimum absolute atomic E-state index is 0.0366. The van der Waals surface area contributed by atoms with Gasteiger partial charge in [0.15, 0.2) is 0 Å². The summed E-state index contributed by atoms with van der Waals surface area (Å²) in [7, 11) is 2.15. The Balaban J connectivity index is 1.76. The van der Waals surface area contributed by atoms with Crippen LogP contribution in [-0.4, -0.2) is 37.0 Å². The molecule has 1 saturated carbocycles. The number of carbonyl (C=O) groups is 1. The fourth-order valence-electron chi connectivity index (χ4n) is 2.63. The fourth-order valence-corrected chi connectivity index (χ4v) is 2.90. The number of hydrogen-bond acceptors (Lipinski definition) is 3. The van der Waals surface area contributed by atoms with Crippen molar-refractivity contribution in [1.29, 1.82) is 0 Å². The summed E-state index contributed by atoms with van der Waals surface area (Å²) in [6.07, 6.45) is 5.27. The SMILES string of the molecule is CN(CCNC(=O)c1ccccc1S)C1CCCC1. The van der Waals surface area contributed by atoms with Gasteiger partial charge in [-0.2, -0.15) is 0 Å². The first-order valence-corrected chi connectivity index (χ1v) is 7.39. The van der Waals surface area contributed by atoms with E-state index in [-0.39, 0.29) is 5.91 Å². The zero-order valence-corrected chi connectivity index (χ0v) is 12.3. The van der Waals surface area contributed by atoms with E-state index in [2.05, 4.69) is 29.9 Å². The average molecular weight is 278 g/mol. The maximum Gasteiger partial charge on any atom is 0.252 e. The van der Waals surface area contributed by atoms with Crippen LogP contribution in [0.15, 0.2) is 29.2 Å². The quantitative estimate of drug-likeness (QED) is 0.811. The Kier molecular flexibility index (Phi) is 5.28. The monoisotopic (exact) mass is 278 g/mol. The molecule has 0 bridgehead atoms. The van der Waals surface area contributed by atoms with E-state index in [1.165, 1.54) is 25.7 Å². The third-order valence-electron chi connectivity index (χ3n) is 3.85. The summed E-state index contributed by atoms with van der Waals surface area (Å²) in [5.41, 5.74) is 0.648. The highest BCUT2D eigenvalue weighted by Gasteiger charge is 2.19. The van der Waals surface area contributed by atoms with Gasteiger partial charge in [-0.25, -0.2) is 0 Å². The lowest BCUT2D eigenvalue weighted by Crippen LogP contribution is -2.37. The largest absolute Gasteiger partial charge is 0.351 e. The number of amides is 1. The van der Waals surface area contributed by atoms with Gasteiger partial charge in [-0.1, -0.05) is 25.0 Å². The van der Waals surface area contributed by atoms with Crippen LogP contribution in [0.3, 0.4) is 0 Å². The molecule has 0 spiro atoms. The second-order valence-corrected chi connectivity index (χ2v) is 5.67. The standard InChI is InChI=1S/C15H22N2OS/c1-17(12-6-2-3-7-12)11-10-16-15(18)13-8-4-5-9-14(13)19/h4-5,8-9,12,19H,2-3,6-7,10-11H2,1H3,(H,16,18). The molecule has 3 nitrogen and oxygen atoms in total. The Hall–Kier alpha value is -1.00. The van der Waals surface area contributed by atoms with Crippen molar-refractivity contribution < 1.29 is 4.79 Å². The summed E-state index contributed by atoms with van der Waals surface area (Å²) in [4.78, 5) is 15.1. The van der Waals surface area contributed by atoms with Crippen LogP contribution in [0.5, 0.6) is 0 Å². The molecule has 4 heteroatoms. The molecule has 1 aromatic rings. The molecule has 0 saturated heterocycles. The normalized spacial score (nSPS) is 15.9. The minimum atomic E-state index is -0.0366. The Labute approximate surface area is 120 Å². The number of hydrogen-bond donors (Lipinski definition) is 2. The molecule has 0 atom stereocenters. The number of nitrogens with one attached hydrogen (secondary N) is 1. The number of nitrogens with zero attached hydrogens (tertiary/aromatic N) is 1. The molecule has 1 aromatic carbocycles. The number of carbonyl (C=O) groups excluding carboxylic acids is 1. The van der Waals surface area contributed by atoms with E-state index >= 15 is 0 Å². The van der Waals surface area contributed by atoms with Crippen LogP contribution in [0.2, 0.25) is 0 Å². The molecule has 1 aliphatic carbocycles. The molecule has 1 aliphatic rings. The van der Waals surface area contributed by atoms with E-state index in [0.717, 1.165) is 11.4 Å². The maximum atomic E-state index is 12.0. The van der Waals surface area contributed by atoms with E-state index in [1.54, 1.807) is 6.07 Å².